The van der Waals surface area contributed by atoms with Crippen LogP contribution in [0.3, 0.4) is 0 Å². The Morgan fingerprint density at radius 1 is 1.18 bits per heavy atom. The fourth-order valence-corrected chi connectivity index (χ4v) is 2.78. The maximum absolute atomic E-state index is 13.6. The zero-order chi connectivity index (χ0) is 16.1. The van der Waals surface area contributed by atoms with Crippen molar-refractivity contribution in [1.29, 1.82) is 0 Å². The second-order valence-electron chi connectivity index (χ2n) is 5.04. The van der Waals surface area contributed by atoms with Gasteiger partial charge >= 0.3 is 0 Å². The normalized spacial score (nSPS) is 12.0. The van der Waals surface area contributed by atoms with Gasteiger partial charge < -0.3 is 5.32 Å². The second kappa shape index (κ2) is 7.40. The predicted octanol–water partition coefficient (Wildman–Crippen LogP) is 4.07. The number of aryl methyl sites for hydroxylation is 1. The van der Waals surface area contributed by atoms with Gasteiger partial charge in [-0.2, -0.15) is 0 Å². The average molecular weight is 321 g/mol. The lowest BCUT2D eigenvalue weighted by Gasteiger charge is -2.12. The number of hydrogen-bond donors (Lipinski definition) is 1. The van der Waals surface area contributed by atoms with Gasteiger partial charge in [0.2, 0.25) is 5.91 Å². The van der Waals surface area contributed by atoms with Crippen molar-refractivity contribution in [3.63, 3.8) is 0 Å². The molecule has 0 fully saturated rings. The molecule has 0 aliphatic heterocycles. The van der Waals surface area contributed by atoms with Crippen LogP contribution in [-0.2, 0) is 11.3 Å². The van der Waals surface area contributed by atoms with E-state index in [-0.39, 0.29) is 10.8 Å². The molecule has 5 heteroatoms. The zero-order valence-electron chi connectivity index (χ0n) is 12.4. The van der Waals surface area contributed by atoms with E-state index in [9.17, 15) is 13.6 Å². The first kappa shape index (κ1) is 16.5. The lowest BCUT2D eigenvalue weighted by molar-refractivity contribution is -0.120. The molecular formula is C17H17F2NOS. The van der Waals surface area contributed by atoms with Crippen LogP contribution in [0, 0.1) is 18.6 Å². The lowest BCUT2D eigenvalue weighted by Crippen LogP contribution is -2.30. The Morgan fingerprint density at radius 3 is 2.55 bits per heavy atom. The van der Waals surface area contributed by atoms with Gasteiger partial charge in [0.15, 0.2) is 0 Å². The molecule has 0 unspecified atom stereocenters. The Bertz CT molecular complexity index is 658. The number of amides is 1. The maximum Gasteiger partial charge on any atom is 0.233 e. The summed E-state index contributed by atoms with van der Waals surface area (Å²) in [6, 6.07) is 11.1. The van der Waals surface area contributed by atoms with Crippen molar-refractivity contribution < 1.29 is 13.6 Å². The van der Waals surface area contributed by atoms with Gasteiger partial charge in [0.1, 0.15) is 11.6 Å². The lowest BCUT2D eigenvalue weighted by atomic mass is 10.1. The molecular weight excluding hydrogens is 304 g/mol. The molecule has 0 saturated carbocycles. The average Bonchev–Trinajstić information content (AvgIpc) is 2.50. The number of nitrogens with one attached hydrogen (secondary N) is 1. The molecule has 2 rings (SSSR count). The Hall–Kier alpha value is -1.88. The first-order chi connectivity index (χ1) is 10.5. The minimum atomic E-state index is -0.524. The molecule has 0 aromatic heterocycles. The van der Waals surface area contributed by atoms with E-state index in [0.29, 0.717) is 6.54 Å². The van der Waals surface area contributed by atoms with Crippen LogP contribution >= 0.6 is 11.8 Å². The number of carbonyl (C=O) groups excluding carboxylic acids is 1. The largest absolute Gasteiger partial charge is 0.351 e. The van der Waals surface area contributed by atoms with Crippen molar-refractivity contribution >= 4 is 17.7 Å². The van der Waals surface area contributed by atoms with Crippen LogP contribution in [-0.4, -0.2) is 11.2 Å². The number of benzene rings is 2. The molecule has 22 heavy (non-hydrogen) atoms. The summed E-state index contributed by atoms with van der Waals surface area (Å²) in [6.07, 6.45) is 0. The van der Waals surface area contributed by atoms with E-state index < -0.39 is 16.9 Å². The van der Waals surface area contributed by atoms with Crippen LogP contribution < -0.4 is 5.32 Å². The van der Waals surface area contributed by atoms with Crippen LogP contribution in [0.1, 0.15) is 18.1 Å². The highest BCUT2D eigenvalue weighted by Gasteiger charge is 2.16. The van der Waals surface area contributed by atoms with Gasteiger partial charge in [-0.25, -0.2) is 8.78 Å². The molecule has 1 atom stereocenters. The Morgan fingerprint density at radius 2 is 1.86 bits per heavy atom. The second-order valence-corrected chi connectivity index (χ2v) is 6.42. The van der Waals surface area contributed by atoms with Crippen molar-refractivity contribution in [2.24, 2.45) is 0 Å². The van der Waals surface area contributed by atoms with E-state index in [2.05, 4.69) is 5.32 Å². The quantitative estimate of drug-likeness (QED) is 0.841. The van der Waals surface area contributed by atoms with Gasteiger partial charge in [-0.05, 0) is 37.6 Å². The summed E-state index contributed by atoms with van der Waals surface area (Å²) in [6.45, 7) is 4.07. The molecule has 0 saturated heterocycles. The number of carbonyl (C=O) groups is 1. The topological polar surface area (TPSA) is 29.1 Å². The van der Waals surface area contributed by atoms with Crippen molar-refractivity contribution in [2.45, 2.75) is 30.5 Å². The summed E-state index contributed by atoms with van der Waals surface area (Å²) in [5, 5.41) is 2.28. The van der Waals surface area contributed by atoms with Crippen LogP contribution in [0.5, 0.6) is 0 Å². The van der Waals surface area contributed by atoms with Gasteiger partial charge in [-0.15, -0.1) is 11.8 Å². The first-order valence-electron chi connectivity index (χ1n) is 6.90. The third-order valence-electron chi connectivity index (χ3n) is 3.15. The molecule has 0 radical (unpaired) electrons. The summed E-state index contributed by atoms with van der Waals surface area (Å²) >= 11 is 1.00. The number of thioether (sulfide) groups is 1. The number of hydrogen-bond acceptors (Lipinski definition) is 2. The van der Waals surface area contributed by atoms with Gasteiger partial charge in [-0.3, -0.25) is 4.79 Å². The molecule has 2 aromatic rings. The SMILES string of the molecule is Cc1ccc(CNC(=O)[C@@H](C)Sc2cc(F)ccc2F)cc1. The minimum absolute atomic E-state index is 0.137. The van der Waals surface area contributed by atoms with E-state index >= 15 is 0 Å². The summed E-state index contributed by atoms with van der Waals surface area (Å²) in [5.74, 6) is -1.25. The molecule has 1 amide bonds. The first-order valence-corrected chi connectivity index (χ1v) is 7.78. The molecule has 0 bridgehead atoms. The van der Waals surface area contributed by atoms with Gasteiger partial charge in [0.05, 0.1) is 5.25 Å². The van der Waals surface area contributed by atoms with E-state index in [0.717, 1.165) is 41.1 Å². The summed E-state index contributed by atoms with van der Waals surface area (Å²) in [5.41, 5.74) is 2.15. The minimum Gasteiger partial charge on any atom is -0.351 e. The molecule has 0 spiro atoms. The van der Waals surface area contributed by atoms with Gasteiger partial charge in [-0.1, -0.05) is 29.8 Å². The monoisotopic (exact) mass is 321 g/mol. The highest BCUT2D eigenvalue weighted by molar-refractivity contribution is 8.00. The predicted molar refractivity (Wildman–Crippen MR) is 84.7 cm³/mol. The molecule has 2 nitrogen and oxygen atoms in total. The van der Waals surface area contributed by atoms with Crippen LogP contribution in [0.2, 0.25) is 0 Å². The maximum atomic E-state index is 13.6. The smallest absolute Gasteiger partial charge is 0.233 e. The summed E-state index contributed by atoms with van der Waals surface area (Å²) in [7, 11) is 0. The molecule has 2 aromatic carbocycles. The third-order valence-corrected chi connectivity index (χ3v) is 4.29. The highest BCUT2D eigenvalue weighted by Crippen LogP contribution is 2.26. The number of halogens is 2. The molecule has 0 heterocycles. The van der Waals surface area contributed by atoms with Crippen LogP contribution in [0.25, 0.3) is 0 Å². The molecule has 0 aliphatic rings. The van der Waals surface area contributed by atoms with E-state index in [1.54, 1.807) is 6.92 Å². The molecule has 1 N–H and O–H groups in total. The van der Waals surface area contributed by atoms with Crippen molar-refractivity contribution in [1.82, 2.24) is 5.32 Å². The van der Waals surface area contributed by atoms with E-state index in [4.69, 9.17) is 0 Å². The third kappa shape index (κ3) is 4.56. The van der Waals surface area contributed by atoms with Gasteiger partial charge in [0.25, 0.3) is 0 Å². The Balaban J connectivity index is 1.91. The van der Waals surface area contributed by atoms with Crippen LogP contribution in [0.15, 0.2) is 47.4 Å². The molecule has 116 valence electrons. The van der Waals surface area contributed by atoms with Crippen molar-refractivity contribution in [2.75, 3.05) is 0 Å². The summed E-state index contributed by atoms with van der Waals surface area (Å²) < 4.78 is 26.7. The standard InChI is InChI=1S/C17H17F2NOS/c1-11-3-5-13(6-4-11)10-20-17(21)12(2)22-16-9-14(18)7-8-15(16)19/h3-9,12H,10H2,1-2H3,(H,20,21)/t12-/m1/s1. The van der Waals surface area contributed by atoms with Crippen molar-refractivity contribution in [3.8, 4) is 0 Å². The number of rotatable bonds is 5. The zero-order valence-corrected chi connectivity index (χ0v) is 13.2. The fourth-order valence-electron chi connectivity index (χ4n) is 1.85. The molecule has 0 aliphatic carbocycles. The fraction of sp³-hybridized carbons (Fsp3) is 0.235. The Labute approximate surface area is 132 Å². The summed E-state index contributed by atoms with van der Waals surface area (Å²) in [4.78, 5) is 12.2. The Kier molecular flexibility index (Phi) is 5.55. The van der Waals surface area contributed by atoms with Crippen LogP contribution in [0.4, 0.5) is 8.78 Å². The highest BCUT2D eigenvalue weighted by atomic mass is 32.2. The van der Waals surface area contributed by atoms with E-state index in [1.165, 1.54) is 0 Å². The van der Waals surface area contributed by atoms with E-state index in [1.807, 2.05) is 31.2 Å². The van der Waals surface area contributed by atoms with Crippen molar-refractivity contribution in [3.05, 3.63) is 65.2 Å². The van der Waals surface area contributed by atoms with Gasteiger partial charge in [0, 0.05) is 11.4 Å².